The monoisotopic (exact) mass is 307 g/mol. The van der Waals surface area contributed by atoms with Crippen molar-refractivity contribution in [2.45, 2.75) is 44.2 Å². The number of pyridine rings is 1. The van der Waals surface area contributed by atoms with E-state index in [4.69, 9.17) is 10.6 Å². The van der Waals surface area contributed by atoms with Gasteiger partial charge in [0.15, 0.2) is 0 Å². The summed E-state index contributed by atoms with van der Waals surface area (Å²) in [4.78, 5) is 4.29. The Balaban J connectivity index is 1.77. The number of nitrogens with one attached hydrogen (secondary N) is 1. The fourth-order valence-corrected chi connectivity index (χ4v) is 4.94. The maximum Gasteiger partial charge on any atom is 0.0701 e. The maximum absolute atomic E-state index is 6.20. The van der Waals surface area contributed by atoms with Gasteiger partial charge in [-0.2, -0.15) is 11.8 Å². The quantitative estimate of drug-likeness (QED) is 0.664. The van der Waals surface area contributed by atoms with Crippen molar-refractivity contribution in [2.24, 2.45) is 11.8 Å². The zero-order valence-corrected chi connectivity index (χ0v) is 13.5. The number of thioether (sulfide) groups is 1. The first-order chi connectivity index (χ1) is 10.2. The number of hydrazine groups is 1. The van der Waals surface area contributed by atoms with Gasteiger partial charge in [0.05, 0.1) is 5.60 Å². The Hall–Kier alpha value is -0.620. The van der Waals surface area contributed by atoms with E-state index in [-0.39, 0.29) is 11.6 Å². The topological polar surface area (TPSA) is 60.2 Å². The summed E-state index contributed by atoms with van der Waals surface area (Å²) in [5, 5.41) is 0. The molecule has 2 unspecified atom stereocenters. The van der Waals surface area contributed by atoms with Crippen LogP contribution in [-0.2, 0) is 4.74 Å². The van der Waals surface area contributed by atoms with Crippen LogP contribution in [-0.4, -0.2) is 28.7 Å². The van der Waals surface area contributed by atoms with Crippen molar-refractivity contribution in [3.8, 4) is 0 Å². The summed E-state index contributed by atoms with van der Waals surface area (Å²) in [6.45, 7) is 2.89. The predicted molar refractivity (Wildman–Crippen MR) is 87.0 cm³/mol. The molecule has 21 heavy (non-hydrogen) atoms. The van der Waals surface area contributed by atoms with Gasteiger partial charge in [-0.3, -0.25) is 16.3 Å². The Morgan fingerprint density at radius 2 is 2.29 bits per heavy atom. The SMILES string of the molecule is Cc1cc(C(NN)C2CCOC3(CCSCC3)C2)ccn1. The molecule has 5 heteroatoms. The van der Waals surface area contributed by atoms with Crippen molar-refractivity contribution < 1.29 is 4.74 Å². The fourth-order valence-electron chi connectivity index (χ4n) is 3.71. The van der Waals surface area contributed by atoms with Crippen molar-refractivity contribution in [3.63, 3.8) is 0 Å². The van der Waals surface area contributed by atoms with Gasteiger partial charge in [0.25, 0.3) is 0 Å². The molecule has 0 amide bonds. The number of nitrogens with zero attached hydrogens (tertiary/aromatic N) is 1. The van der Waals surface area contributed by atoms with Gasteiger partial charge in [0.2, 0.25) is 0 Å². The first-order valence-corrected chi connectivity index (χ1v) is 8.98. The second kappa shape index (κ2) is 6.65. The molecular formula is C16H25N3OS. The van der Waals surface area contributed by atoms with Crippen molar-refractivity contribution in [1.82, 2.24) is 10.4 Å². The van der Waals surface area contributed by atoms with Crippen molar-refractivity contribution >= 4 is 11.8 Å². The van der Waals surface area contributed by atoms with Crippen LogP contribution in [0.5, 0.6) is 0 Å². The third kappa shape index (κ3) is 3.42. The van der Waals surface area contributed by atoms with E-state index in [0.29, 0.717) is 5.92 Å². The average molecular weight is 307 g/mol. The summed E-state index contributed by atoms with van der Waals surface area (Å²) in [7, 11) is 0. The normalized spacial score (nSPS) is 26.7. The Bertz CT molecular complexity index is 471. The van der Waals surface area contributed by atoms with E-state index in [1.54, 1.807) is 0 Å². The van der Waals surface area contributed by atoms with Gasteiger partial charge >= 0.3 is 0 Å². The zero-order valence-electron chi connectivity index (χ0n) is 12.7. The summed E-state index contributed by atoms with van der Waals surface area (Å²) < 4.78 is 6.20. The average Bonchev–Trinajstić information content (AvgIpc) is 2.49. The molecule has 0 bridgehead atoms. The molecule has 116 valence electrons. The van der Waals surface area contributed by atoms with Gasteiger partial charge in [-0.1, -0.05) is 0 Å². The van der Waals surface area contributed by atoms with Gasteiger partial charge in [-0.15, -0.1) is 0 Å². The summed E-state index contributed by atoms with van der Waals surface area (Å²) in [6, 6.07) is 4.42. The molecular weight excluding hydrogens is 282 g/mol. The Morgan fingerprint density at radius 3 is 3.00 bits per heavy atom. The zero-order chi connectivity index (χ0) is 14.7. The van der Waals surface area contributed by atoms with Crippen LogP contribution in [0.4, 0.5) is 0 Å². The second-order valence-electron chi connectivity index (χ2n) is 6.27. The van der Waals surface area contributed by atoms with Gasteiger partial charge in [-0.25, -0.2) is 0 Å². The van der Waals surface area contributed by atoms with E-state index in [1.165, 1.54) is 29.9 Å². The van der Waals surface area contributed by atoms with E-state index in [2.05, 4.69) is 22.5 Å². The lowest BCUT2D eigenvalue weighted by atomic mass is 9.77. The Kier molecular flexibility index (Phi) is 4.84. The van der Waals surface area contributed by atoms with Crippen LogP contribution < -0.4 is 11.3 Å². The molecule has 1 aromatic heterocycles. The molecule has 3 rings (SSSR count). The number of hydrogen-bond acceptors (Lipinski definition) is 5. The third-order valence-electron chi connectivity index (χ3n) is 4.87. The van der Waals surface area contributed by atoms with E-state index in [1.807, 2.05) is 24.9 Å². The van der Waals surface area contributed by atoms with Crippen molar-refractivity contribution in [1.29, 1.82) is 0 Å². The van der Waals surface area contributed by atoms with Crippen LogP contribution in [0, 0.1) is 12.8 Å². The molecule has 2 atom stereocenters. The highest BCUT2D eigenvalue weighted by Gasteiger charge is 2.41. The Morgan fingerprint density at radius 1 is 1.48 bits per heavy atom. The van der Waals surface area contributed by atoms with Crippen LogP contribution in [0.1, 0.15) is 43.0 Å². The summed E-state index contributed by atoms with van der Waals surface area (Å²) in [6.07, 6.45) is 6.43. The van der Waals surface area contributed by atoms with Gasteiger partial charge in [0, 0.05) is 24.5 Å². The molecule has 2 fully saturated rings. The minimum Gasteiger partial charge on any atom is -0.375 e. The fraction of sp³-hybridized carbons (Fsp3) is 0.688. The molecule has 2 aliphatic heterocycles. The lowest BCUT2D eigenvalue weighted by Crippen LogP contribution is -2.46. The van der Waals surface area contributed by atoms with Crippen molar-refractivity contribution in [3.05, 3.63) is 29.6 Å². The molecule has 0 aliphatic carbocycles. The van der Waals surface area contributed by atoms with Crippen LogP contribution in [0.15, 0.2) is 18.3 Å². The van der Waals surface area contributed by atoms with E-state index in [9.17, 15) is 0 Å². The molecule has 1 aromatic rings. The third-order valence-corrected chi connectivity index (χ3v) is 5.85. The number of nitrogens with two attached hydrogens (primary N) is 1. The molecule has 2 saturated heterocycles. The number of hydrogen-bond donors (Lipinski definition) is 2. The summed E-state index contributed by atoms with van der Waals surface area (Å²) in [5.74, 6) is 8.87. The van der Waals surface area contributed by atoms with E-state index in [0.717, 1.165) is 25.1 Å². The van der Waals surface area contributed by atoms with E-state index >= 15 is 0 Å². The van der Waals surface area contributed by atoms with E-state index < -0.39 is 0 Å². The lowest BCUT2D eigenvalue weighted by Gasteiger charge is -2.45. The van der Waals surface area contributed by atoms with Crippen LogP contribution >= 0.6 is 11.8 Å². The smallest absolute Gasteiger partial charge is 0.0701 e. The highest BCUT2D eigenvalue weighted by molar-refractivity contribution is 7.99. The molecule has 1 spiro atoms. The first kappa shape index (κ1) is 15.3. The number of ether oxygens (including phenoxy) is 1. The lowest BCUT2D eigenvalue weighted by molar-refractivity contribution is -0.107. The number of aromatic nitrogens is 1. The molecule has 3 heterocycles. The van der Waals surface area contributed by atoms with Gasteiger partial charge in [0.1, 0.15) is 0 Å². The van der Waals surface area contributed by atoms with Crippen LogP contribution in [0.25, 0.3) is 0 Å². The molecule has 3 N–H and O–H groups in total. The molecule has 0 saturated carbocycles. The molecule has 4 nitrogen and oxygen atoms in total. The standard InChI is InChI=1S/C16H25N3OS/c1-12-10-13(2-6-18-12)15(19-17)14-3-7-20-16(11-14)4-8-21-9-5-16/h2,6,10,14-15,19H,3-5,7-9,11,17H2,1H3. The first-order valence-electron chi connectivity index (χ1n) is 7.83. The Labute approximate surface area is 131 Å². The van der Waals surface area contributed by atoms with Crippen molar-refractivity contribution in [2.75, 3.05) is 18.1 Å². The highest BCUT2D eigenvalue weighted by atomic mass is 32.2. The van der Waals surface area contributed by atoms with Gasteiger partial charge in [-0.05, 0) is 67.7 Å². The molecule has 2 aliphatic rings. The number of aryl methyl sites for hydroxylation is 1. The largest absolute Gasteiger partial charge is 0.375 e. The number of rotatable bonds is 3. The van der Waals surface area contributed by atoms with Crippen LogP contribution in [0.2, 0.25) is 0 Å². The maximum atomic E-state index is 6.20. The molecule has 0 aromatic carbocycles. The minimum atomic E-state index is 0.103. The summed E-state index contributed by atoms with van der Waals surface area (Å²) in [5.41, 5.74) is 5.44. The highest BCUT2D eigenvalue weighted by Crippen LogP contribution is 2.43. The molecule has 0 radical (unpaired) electrons. The second-order valence-corrected chi connectivity index (χ2v) is 7.50. The van der Waals surface area contributed by atoms with Crippen LogP contribution in [0.3, 0.4) is 0 Å². The van der Waals surface area contributed by atoms with Gasteiger partial charge < -0.3 is 4.74 Å². The minimum absolute atomic E-state index is 0.103. The predicted octanol–water partition coefficient (Wildman–Crippen LogP) is 2.59. The summed E-state index contributed by atoms with van der Waals surface area (Å²) >= 11 is 2.05.